The van der Waals surface area contributed by atoms with E-state index in [0.29, 0.717) is 6.61 Å². The SMILES string of the molecule is COc1ccc(C2(c3cccc(-c4cccc(OC)c4)c3)COC(N)=N2)cc1. The molecule has 0 saturated heterocycles. The highest BCUT2D eigenvalue weighted by atomic mass is 16.5. The Hall–Kier alpha value is -3.47. The minimum atomic E-state index is -0.689. The Labute approximate surface area is 164 Å². The van der Waals surface area contributed by atoms with Crippen LogP contribution in [-0.4, -0.2) is 26.8 Å². The van der Waals surface area contributed by atoms with E-state index in [9.17, 15) is 0 Å². The van der Waals surface area contributed by atoms with Gasteiger partial charge in [0.2, 0.25) is 0 Å². The number of nitrogens with two attached hydrogens (primary N) is 1. The van der Waals surface area contributed by atoms with E-state index in [1.807, 2.05) is 48.5 Å². The fourth-order valence-corrected chi connectivity index (χ4v) is 3.52. The molecule has 1 aliphatic rings. The normalized spacial score (nSPS) is 18.3. The maximum atomic E-state index is 5.91. The number of hydrogen-bond acceptors (Lipinski definition) is 5. The van der Waals surface area contributed by atoms with E-state index < -0.39 is 5.54 Å². The fourth-order valence-electron chi connectivity index (χ4n) is 3.52. The minimum absolute atomic E-state index is 0.197. The minimum Gasteiger partial charge on any atom is -0.497 e. The van der Waals surface area contributed by atoms with Crippen molar-refractivity contribution in [3.63, 3.8) is 0 Å². The molecule has 0 aliphatic carbocycles. The Kier molecular flexibility index (Phi) is 4.65. The lowest BCUT2D eigenvalue weighted by atomic mass is 9.83. The van der Waals surface area contributed by atoms with Crippen LogP contribution < -0.4 is 15.2 Å². The molecule has 0 saturated carbocycles. The summed E-state index contributed by atoms with van der Waals surface area (Å²) in [5, 5.41) is 0. The number of benzene rings is 3. The lowest BCUT2D eigenvalue weighted by Crippen LogP contribution is -2.27. The van der Waals surface area contributed by atoms with Gasteiger partial charge < -0.3 is 19.9 Å². The molecule has 0 aromatic heterocycles. The van der Waals surface area contributed by atoms with Crippen molar-refractivity contribution in [2.24, 2.45) is 10.7 Å². The highest BCUT2D eigenvalue weighted by molar-refractivity contribution is 5.76. The van der Waals surface area contributed by atoms with Crippen LogP contribution in [0.2, 0.25) is 0 Å². The van der Waals surface area contributed by atoms with Gasteiger partial charge in [0.1, 0.15) is 18.1 Å². The van der Waals surface area contributed by atoms with Crippen molar-refractivity contribution >= 4 is 6.02 Å². The number of hydrogen-bond donors (Lipinski definition) is 1. The van der Waals surface area contributed by atoms with Crippen LogP contribution in [0.4, 0.5) is 0 Å². The van der Waals surface area contributed by atoms with Crippen LogP contribution in [-0.2, 0) is 10.3 Å². The van der Waals surface area contributed by atoms with Crippen molar-refractivity contribution in [2.45, 2.75) is 5.54 Å². The Morgan fingerprint density at radius 1 is 0.821 bits per heavy atom. The van der Waals surface area contributed by atoms with Crippen molar-refractivity contribution in [2.75, 3.05) is 20.8 Å². The van der Waals surface area contributed by atoms with Crippen LogP contribution in [0, 0.1) is 0 Å². The van der Waals surface area contributed by atoms with Crippen LogP contribution in [0.15, 0.2) is 77.8 Å². The summed E-state index contributed by atoms with van der Waals surface area (Å²) in [6.07, 6.45) is 0. The van der Waals surface area contributed by atoms with Gasteiger partial charge in [-0.25, -0.2) is 4.99 Å². The first-order valence-corrected chi connectivity index (χ1v) is 9.02. The zero-order valence-electron chi connectivity index (χ0n) is 15.9. The van der Waals surface area contributed by atoms with Crippen molar-refractivity contribution in [3.8, 4) is 22.6 Å². The molecule has 3 aromatic rings. The first-order chi connectivity index (χ1) is 13.6. The monoisotopic (exact) mass is 374 g/mol. The average molecular weight is 374 g/mol. The zero-order valence-corrected chi connectivity index (χ0v) is 15.9. The predicted octanol–water partition coefficient (Wildman–Crippen LogP) is 3.96. The third-order valence-corrected chi connectivity index (χ3v) is 5.04. The van der Waals surface area contributed by atoms with E-state index in [2.05, 4.69) is 24.3 Å². The molecule has 1 unspecified atom stereocenters. The third-order valence-electron chi connectivity index (χ3n) is 5.04. The summed E-state index contributed by atoms with van der Waals surface area (Å²) in [5.41, 5.74) is 9.38. The van der Waals surface area contributed by atoms with Crippen LogP contribution in [0.1, 0.15) is 11.1 Å². The van der Waals surface area contributed by atoms with Gasteiger partial charge in [-0.15, -0.1) is 0 Å². The average Bonchev–Trinajstić information content (AvgIpc) is 3.17. The lowest BCUT2D eigenvalue weighted by molar-refractivity contribution is 0.278. The Morgan fingerprint density at radius 3 is 2.14 bits per heavy atom. The quantitative estimate of drug-likeness (QED) is 0.734. The summed E-state index contributed by atoms with van der Waals surface area (Å²) in [7, 11) is 3.32. The largest absolute Gasteiger partial charge is 0.497 e. The van der Waals surface area contributed by atoms with Crippen LogP contribution in [0.25, 0.3) is 11.1 Å². The van der Waals surface area contributed by atoms with Crippen LogP contribution in [0.5, 0.6) is 11.5 Å². The molecule has 1 aliphatic heterocycles. The van der Waals surface area contributed by atoms with Gasteiger partial charge in [-0.2, -0.15) is 0 Å². The Bertz CT molecular complexity index is 1010. The van der Waals surface area contributed by atoms with Crippen LogP contribution >= 0.6 is 0 Å². The Balaban J connectivity index is 1.81. The van der Waals surface area contributed by atoms with Gasteiger partial charge in [0.25, 0.3) is 6.02 Å². The molecule has 0 spiro atoms. The number of methoxy groups -OCH3 is 2. The van der Waals surface area contributed by atoms with Crippen molar-refractivity contribution in [1.29, 1.82) is 0 Å². The Morgan fingerprint density at radius 2 is 1.50 bits per heavy atom. The summed E-state index contributed by atoms with van der Waals surface area (Å²) < 4.78 is 16.2. The second-order valence-electron chi connectivity index (χ2n) is 6.64. The van der Waals surface area contributed by atoms with Crippen molar-refractivity contribution in [3.05, 3.63) is 83.9 Å². The second kappa shape index (κ2) is 7.27. The van der Waals surface area contributed by atoms with Gasteiger partial charge in [-0.3, -0.25) is 0 Å². The molecule has 1 atom stereocenters. The standard InChI is InChI=1S/C23H22N2O3/c1-26-20-11-9-18(10-12-20)23(15-28-22(24)25-23)19-7-3-5-16(13-19)17-6-4-8-21(14-17)27-2/h3-14H,15H2,1-2H3,(H2,24,25). The van der Waals surface area contributed by atoms with Crippen molar-refractivity contribution < 1.29 is 14.2 Å². The van der Waals surface area contributed by atoms with Gasteiger partial charge in [0, 0.05) is 0 Å². The molecule has 1 heterocycles. The van der Waals surface area contributed by atoms with Gasteiger partial charge >= 0.3 is 0 Å². The van der Waals surface area contributed by atoms with Crippen molar-refractivity contribution in [1.82, 2.24) is 0 Å². The predicted molar refractivity (Wildman–Crippen MR) is 110 cm³/mol. The number of amidine groups is 1. The molecule has 2 N–H and O–H groups in total. The molecule has 0 radical (unpaired) electrons. The number of aliphatic imine (C=N–C) groups is 1. The molecular formula is C23H22N2O3. The lowest BCUT2D eigenvalue weighted by Gasteiger charge is -2.26. The maximum absolute atomic E-state index is 5.91. The van der Waals surface area contributed by atoms with E-state index >= 15 is 0 Å². The van der Waals surface area contributed by atoms with E-state index in [-0.39, 0.29) is 6.02 Å². The molecule has 0 amide bonds. The highest BCUT2D eigenvalue weighted by Crippen LogP contribution is 2.39. The number of ether oxygens (including phenoxy) is 3. The van der Waals surface area contributed by atoms with E-state index in [1.165, 1.54) is 0 Å². The van der Waals surface area contributed by atoms with Gasteiger partial charge in [-0.05, 0) is 52.6 Å². The molecule has 4 rings (SSSR count). The maximum Gasteiger partial charge on any atom is 0.283 e. The van der Waals surface area contributed by atoms with E-state index in [0.717, 1.165) is 33.8 Å². The smallest absolute Gasteiger partial charge is 0.283 e. The summed E-state index contributed by atoms with van der Waals surface area (Å²) >= 11 is 0. The van der Waals surface area contributed by atoms with Crippen LogP contribution in [0.3, 0.4) is 0 Å². The fraction of sp³-hybridized carbons (Fsp3) is 0.174. The van der Waals surface area contributed by atoms with E-state index in [4.69, 9.17) is 24.9 Å². The van der Waals surface area contributed by atoms with Gasteiger partial charge in [-0.1, -0.05) is 42.5 Å². The molecule has 5 heteroatoms. The van der Waals surface area contributed by atoms with Gasteiger partial charge in [0.15, 0.2) is 5.54 Å². The molecule has 5 nitrogen and oxygen atoms in total. The molecule has 142 valence electrons. The summed E-state index contributed by atoms with van der Waals surface area (Å²) in [6, 6.07) is 24.3. The summed E-state index contributed by atoms with van der Waals surface area (Å²) in [4.78, 5) is 4.69. The number of nitrogens with zero attached hydrogens (tertiary/aromatic N) is 1. The number of rotatable bonds is 5. The molecule has 0 fully saturated rings. The first kappa shape index (κ1) is 17.9. The molecule has 3 aromatic carbocycles. The molecule has 28 heavy (non-hydrogen) atoms. The second-order valence-corrected chi connectivity index (χ2v) is 6.64. The molecule has 0 bridgehead atoms. The summed E-state index contributed by atoms with van der Waals surface area (Å²) in [6.45, 7) is 0.354. The summed E-state index contributed by atoms with van der Waals surface area (Å²) in [5.74, 6) is 1.61. The third kappa shape index (κ3) is 3.16. The first-order valence-electron chi connectivity index (χ1n) is 9.02. The molecular weight excluding hydrogens is 352 g/mol. The van der Waals surface area contributed by atoms with E-state index in [1.54, 1.807) is 14.2 Å². The zero-order chi connectivity index (χ0) is 19.6. The van der Waals surface area contributed by atoms with Gasteiger partial charge in [0.05, 0.1) is 14.2 Å². The topological polar surface area (TPSA) is 66.1 Å². The highest BCUT2D eigenvalue weighted by Gasteiger charge is 2.40.